The highest BCUT2D eigenvalue weighted by molar-refractivity contribution is 5.31. The zero-order chi connectivity index (χ0) is 7.68. The van der Waals surface area contributed by atoms with Gasteiger partial charge in [0.05, 0.1) is 0 Å². The van der Waals surface area contributed by atoms with E-state index in [0.717, 1.165) is 5.95 Å². The summed E-state index contributed by atoms with van der Waals surface area (Å²) in [7, 11) is 2.04. The van der Waals surface area contributed by atoms with Crippen molar-refractivity contribution in [1.29, 1.82) is 0 Å². The van der Waals surface area contributed by atoms with Crippen molar-refractivity contribution in [3.05, 3.63) is 12.4 Å². The molecule has 2 rings (SSSR count). The predicted molar refractivity (Wildman–Crippen MR) is 44.7 cm³/mol. The molecule has 3 nitrogen and oxygen atoms in total. The molecule has 60 valence electrons. The molecule has 1 aromatic heterocycles. The summed E-state index contributed by atoms with van der Waals surface area (Å²) in [5, 5.41) is 0. The van der Waals surface area contributed by atoms with E-state index < -0.39 is 0 Å². The van der Waals surface area contributed by atoms with Crippen molar-refractivity contribution in [3.8, 4) is 0 Å². The van der Waals surface area contributed by atoms with Gasteiger partial charge in [-0.2, -0.15) is 0 Å². The summed E-state index contributed by atoms with van der Waals surface area (Å²) in [5.41, 5.74) is 0. The van der Waals surface area contributed by atoms with Crippen LogP contribution in [0.5, 0.6) is 0 Å². The normalized spacial score (nSPS) is 17.7. The van der Waals surface area contributed by atoms with Gasteiger partial charge in [0.25, 0.3) is 0 Å². The molecule has 0 aliphatic carbocycles. The van der Waals surface area contributed by atoms with Crippen LogP contribution in [0.25, 0.3) is 0 Å². The molecule has 0 amide bonds. The van der Waals surface area contributed by atoms with Gasteiger partial charge < -0.3 is 9.47 Å². The Morgan fingerprint density at radius 2 is 2.09 bits per heavy atom. The molecule has 1 aromatic rings. The lowest BCUT2D eigenvalue weighted by Gasteiger charge is -2.15. The van der Waals surface area contributed by atoms with Gasteiger partial charge in [-0.1, -0.05) is 0 Å². The van der Waals surface area contributed by atoms with Crippen LogP contribution < -0.4 is 4.90 Å². The first kappa shape index (κ1) is 6.70. The van der Waals surface area contributed by atoms with E-state index in [4.69, 9.17) is 0 Å². The van der Waals surface area contributed by atoms with Crippen molar-refractivity contribution >= 4 is 5.95 Å². The average molecular weight is 151 g/mol. The van der Waals surface area contributed by atoms with Gasteiger partial charge >= 0.3 is 0 Å². The van der Waals surface area contributed by atoms with E-state index in [0.29, 0.717) is 0 Å². The molecule has 1 saturated heterocycles. The minimum atomic E-state index is 1.11. The quantitative estimate of drug-likeness (QED) is 0.597. The van der Waals surface area contributed by atoms with E-state index in [1.165, 1.54) is 25.9 Å². The molecule has 0 aromatic carbocycles. The SMILES string of the molecule is Cn1ccnc1N1CCCC1. The number of aromatic nitrogens is 2. The highest BCUT2D eigenvalue weighted by atomic mass is 15.3. The van der Waals surface area contributed by atoms with Crippen molar-refractivity contribution in [2.24, 2.45) is 7.05 Å². The van der Waals surface area contributed by atoms with E-state index in [2.05, 4.69) is 14.5 Å². The standard InChI is InChI=1S/C8H13N3/c1-10-7-4-9-8(10)11-5-2-3-6-11/h4,7H,2-3,5-6H2,1H3. The number of aryl methyl sites for hydroxylation is 1. The lowest BCUT2D eigenvalue weighted by molar-refractivity contribution is 0.822. The van der Waals surface area contributed by atoms with Crippen LogP contribution in [0.2, 0.25) is 0 Å². The first-order valence-corrected chi connectivity index (χ1v) is 4.10. The smallest absolute Gasteiger partial charge is 0.205 e. The molecule has 0 bridgehead atoms. The molecule has 1 fully saturated rings. The van der Waals surface area contributed by atoms with Crippen LogP contribution in [0.4, 0.5) is 5.95 Å². The van der Waals surface area contributed by atoms with Gasteiger partial charge in [0, 0.05) is 32.5 Å². The zero-order valence-corrected chi connectivity index (χ0v) is 6.82. The highest BCUT2D eigenvalue weighted by Crippen LogP contribution is 2.16. The molecule has 0 saturated carbocycles. The molecular weight excluding hydrogens is 138 g/mol. The number of imidazole rings is 1. The van der Waals surface area contributed by atoms with E-state index >= 15 is 0 Å². The number of hydrogen-bond donors (Lipinski definition) is 0. The second-order valence-corrected chi connectivity index (χ2v) is 3.03. The molecular formula is C8H13N3. The summed E-state index contributed by atoms with van der Waals surface area (Å²) in [6.45, 7) is 2.34. The Labute approximate surface area is 66.6 Å². The van der Waals surface area contributed by atoms with Crippen molar-refractivity contribution in [2.75, 3.05) is 18.0 Å². The van der Waals surface area contributed by atoms with Gasteiger partial charge in [0.1, 0.15) is 0 Å². The van der Waals surface area contributed by atoms with E-state index in [9.17, 15) is 0 Å². The molecule has 2 heterocycles. The lowest BCUT2D eigenvalue weighted by Crippen LogP contribution is -2.21. The first-order chi connectivity index (χ1) is 5.38. The molecule has 0 N–H and O–H groups in total. The van der Waals surface area contributed by atoms with Crippen LogP contribution in [-0.2, 0) is 7.05 Å². The third-order valence-electron chi connectivity index (χ3n) is 2.18. The monoisotopic (exact) mass is 151 g/mol. The Hall–Kier alpha value is -0.990. The maximum Gasteiger partial charge on any atom is 0.205 e. The predicted octanol–water partition coefficient (Wildman–Crippen LogP) is 1.02. The maximum atomic E-state index is 4.29. The summed E-state index contributed by atoms with van der Waals surface area (Å²) in [6.07, 6.45) is 6.47. The van der Waals surface area contributed by atoms with Crippen LogP contribution in [-0.4, -0.2) is 22.6 Å². The van der Waals surface area contributed by atoms with Crippen LogP contribution in [0.1, 0.15) is 12.8 Å². The van der Waals surface area contributed by atoms with Gasteiger partial charge in [-0.05, 0) is 12.8 Å². The first-order valence-electron chi connectivity index (χ1n) is 4.10. The molecule has 1 aliphatic heterocycles. The average Bonchev–Trinajstić information content (AvgIpc) is 2.55. The molecule has 1 aliphatic rings. The summed E-state index contributed by atoms with van der Waals surface area (Å²) in [5.74, 6) is 1.11. The zero-order valence-electron chi connectivity index (χ0n) is 6.82. The molecule has 11 heavy (non-hydrogen) atoms. The summed E-state index contributed by atoms with van der Waals surface area (Å²) in [6, 6.07) is 0. The summed E-state index contributed by atoms with van der Waals surface area (Å²) >= 11 is 0. The fraction of sp³-hybridized carbons (Fsp3) is 0.625. The van der Waals surface area contributed by atoms with E-state index in [-0.39, 0.29) is 0 Å². The van der Waals surface area contributed by atoms with Crippen LogP contribution in [0.3, 0.4) is 0 Å². The van der Waals surface area contributed by atoms with Gasteiger partial charge in [-0.25, -0.2) is 4.98 Å². The fourth-order valence-corrected chi connectivity index (χ4v) is 1.58. The van der Waals surface area contributed by atoms with E-state index in [1.807, 2.05) is 19.4 Å². The minimum absolute atomic E-state index is 1.11. The van der Waals surface area contributed by atoms with Crippen molar-refractivity contribution in [1.82, 2.24) is 9.55 Å². The van der Waals surface area contributed by atoms with Gasteiger partial charge in [-0.3, -0.25) is 0 Å². The Kier molecular flexibility index (Phi) is 1.56. The second-order valence-electron chi connectivity index (χ2n) is 3.03. The Morgan fingerprint density at radius 1 is 1.36 bits per heavy atom. The van der Waals surface area contributed by atoms with Gasteiger partial charge in [0.15, 0.2) is 0 Å². The lowest BCUT2D eigenvalue weighted by atomic mass is 10.4. The largest absolute Gasteiger partial charge is 0.342 e. The van der Waals surface area contributed by atoms with Crippen molar-refractivity contribution in [3.63, 3.8) is 0 Å². The number of hydrogen-bond acceptors (Lipinski definition) is 2. The highest BCUT2D eigenvalue weighted by Gasteiger charge is 2.14. The van der Waals surface area contributed by atoms with Crippen molar-refractivity contribution in [2.45, 2.75) is 12.8 Å². The van der Waals surface area contributed by atoms with Crippen LogP contribution >= 0.6 is 0 Å². The third kappa shape index (κ3) is 1.11. The molecule has 0 radical (unpaired) electrons. The summed E-state index contributed by atoms with van der Waals surface area (Å²) < 4.78 is 2.07. The third-order valence-corrected chi connectivity index (χ3v) is 2.18. The Balaban J connectivity index is 2.21. The molecule has 0 unspecified atom stereocenters. The number of anilines is 1. The van der Waals surface area contributed by atoms with Gasteiger partial charge in [0.2, 0.25) is 5.95 Å². The summed E-state index contributed by atoms with van der Waals surface area (Å²) in [4.78, 5) is 6.62. The Morgan fingerprint density at radius 3 is 2.64 bits per heavy atom. The molecule has 0 atom stereocenters. The molecule has 3 heteroatoms. The number of nitrogens with zero attached hydrogens (tertiary/aromatic N) is 3. The van der Waals surface area contributed by atoms with Crippen LogP contribution in [0.15, 0.2) is 12.4 Å². The van der Waals surface area contributed by atoms with Crippen molar-refractivity contribution < 1.29 is 0 Å². The molecule has 0 spiro atoms. The van der Waals surface area contributed by atoms with E-state index in [1.54, 1.807) is 0 Å². The minimum Gasteiger partial charge on any atom is -0.342 e. The number of rotatable bonds is 1. The van der Waals surface area contributed by atoms with Gasteiger partial charge in [-0.15, -0.1) is 0 Å². The van der Waals surface area contributed by atoms with Crippen LogP contribution in [0, 0.1) is 0 Å². The topological polar surface area (TPSA) is 21.1 Å². The second kappa shape index (κ2) is 2.57. The maximum absolute atomic E-state index is 4.29. The Bertz CT molecular complexity index is 235. The fourth-order valence-electron chi connectivity index (χ4n) is 1.58.